The summed E-state index contributed by atoms with van der Waals surface area (Å²) in [5.41, 5.74) is 9.95. The van der Waals surface area contributed by atoms with Crippen molar-refractivity contribution in [2.45, 2.75) is 11.8 Å². The zero-order valence-corrected chi connectivity index (χ0v) is 20.4. The van der Waals surface area contributed by atoms with E-state index in [1.165, 1.54) is 16.7 Å². The summed E-state index contributed by atoms with van der Waals surface area (Å²) in [6.45, 7) is 3.93. The number of carbonyl (C=O) groups is 1. The van der Waals surface area contributed by atoms with Crippen molar-refractivity contribution in [2.24, 2.45) is 0 Å². The molecule has 7 rings (SSSR count). The first kappa shape index (κ1) is 21.6. The van der Waals surface area contributed by atoms with Crippen molar-refractivity contribution < 1.29 is 4.79 Å². The summed E-state index contributed by atoms with van der Waals surface area (Å²) in [5, 5.41) is 0. The number of fused-ring (bicyclic) bond motifs is 8. The highest BCUT2D eigenvalue weighted by Gasteiger charge is 2.51. The molecule has 1 heterocycles. The number of para-hydroxylation sites is 2. The molecular weight excluding hydrogens is 450 g/mol. The predicted octanol–water partition coefficient (Wildman–Crippen LogP) is 8.13. The Balaban J connectivity index is 1.63. The number of nitrogens with zero attached hydrogens (tertiary/aromatic N) is 1. The van der Waals surface area contributed by atoms with Crippen molar-refractivity contribution in [2.75, 3.05) is 4.90 Å². The maximum Gasteiger partial charge on any atom is 0.193 e. The van der Waals surface area contributed by atoms with Gasteiger partial charge in [0.2, 0.25) is 0 Å². The van der Waals surface area contributed by atoms with Crippen LogP contribution in [0.5, 0.6) is 0 Å². The molecule has 5 aromatic carbocycles. The lowest BCUT2D eigenvalue weighted by atomic mass is 9.57. The van der Waals surface area contributed by atoms with Gasteiger partial charge in [-0.1, -0.05) is 103 Å². The number of anilines is 3. The van der Waals surface area contributed by atoms with Gasteiger partial charge >= 0.3 is 0 Å². The molecule has 0 saturated carbocycles. The fourth-order valence-electron chi connectivity index (χ4n) is 6.40. The van der Waals surface area contributed by atoms with Crippen LogP contribution < -0.4 is 4.90 Å². The van der Waals surface area contributed by atoms with Crippen molar-refractivity contribution in [3.63, 3.8) is 0 Å². The Labute approximate surface area is 217 Å². The molecular formula is C35H25NO. The molecule has 0 bridgehead atoms. The Kier molecular flexibility index (Phi) is 4.77. The number of rotatable bonds is 3. The van der Waals surface area contributed by atoms with Gasteiger partial charge in [-0.05, 0) is 58.5 Å². The average Bonchev–Trinajstić information content (AvgIpc) is 2.96. The van der Waals surface area contributed by atoms with E-state index in [0.29, 0.717) is 0 Å². The van der Waals surface area contributed by atoms with E-state index in [0.717, 1.165) is 45.7 Å². The van der Waals surface area contributed by atoms with Crippen LogP contribution in [0.3, 0.4) is 0 Å². The molecule has 0 atom stereocenters. The lowest BCUT2D eigenvalue weighted by molar-refractivity contribution is 0.103. The number of allylic oxidation sites excluding steroid dienone is 1. The van der Waals surface area contributed by atoms with Gasteiger partial charge in [0.1, 0.15) is 0 Å². The van der Waals surface area contributed by atoms with Gasteiger partial charge in [-0.25, -0.2) is 0 Å². The van der Waals surface area contributed by atoms with Crippen LogP contribution in [0.25, 0.3) is 0 Å². The minimum absolute atomic E-state index is 0.0892. The third-order valence-electron chi connectivity index (χ3n) is 7.80. The van der Waals surface area contributed by atoms with Gasteiger partial charge in [0.25, 0.3) is 0 Å². The molecule has 2 nitrogen and oxygen atoms in total. The quantitative estimate of drug-likeness (QED) is 0.241. The molecule has 176 valence electrons. The molecule has 1 spiro atoms. The van der Waals surface area contributed by atoms with E-state index in [1.807, 2.05) is 30.3 Å². The highest BCUT2D eigenvalue weighted by molar-refractivity contribution is 6.14. The monoisotopic (exact) mass is 475 g/mol. The first-order chi connectivity index (χ1) is 18.2. The minimum atomic E-state index is -0.608. The lowest BCUT2D eigenvalue weighted by Gasteiger charge is -2.48. The van der Waals surface area contributed by atoms with Crippen LogP contribution in [0, 0.1) is 0 Å². The van der Waals surface area contributed by atoms with Crippen LogP contribution in [0.2, 0.25) is 0 Å². The van der Waals surface area contributed by atoms with Crippen molar-refractivity contribution in [1.29, 1.82) is 0 Å². The van der Waals surface area contributed by atoms with Crippen LogP contribution in [0.1, 0.15) is 43.7 Å². The van der Waals surface area contributed by atoms with Crippen molar-refractivity contribution >= 4 is 22.8 Å². The van der Waals surface area contributed by atoms with Crippen LogP contribution in [0.15, 0.2) is 134 Å². The highest BCUT2D eigenvalue weighted by atomic mass is 16.1. The smallest absolute Gasteiger partial charge is 0.193 e. The minimum Gasteiger partial charge on any atom is -0.310 e. The van der Waals surface area contributed by atoms with E-state index in [4.69, 9.17) is 0 Å². The Hall–Kier alpha value is -4.69. The maximum absolute atomic E-state index is 13.7. The topological polar surface area (TPSA) is 20.3 Å². The standard InChI is InChI=1S/C35H25NO/c1-2-12-24-13-11-14-25(23-24)36-32-21-9-7-19-30(32)35(31-20-8-10-22-33(31)36)28-17-5-3-15-26(28)34(37)27-16-4-6-18-29(27)35/h2-11,13-23H,1,12H2. The fraction of sp³-hybridized carbons (Fsp3) is 0.0571. The normalized spacial score (nSPS) is 14.4. The van der Waals surface area contributed by atoms with E-state index < -0.39 is 5.41 Å². The summed E-state index contributed by atoms with van der Waals surface area (Å²) in [6, 6.07) is 42.3. The number of hydrogen-bond donors (Lipinski definition) is 0. The third-order valence-corrected chi connectivity index (χ3v) is 7.80. The second-order valence-corrected chi connectivity index (χ2v) is 9.70. The Morgan fingerprint density at radius 1 is 0.622 bits per heavy atom. The molecule has 0 radical (unpaired) electrons. The molecule has 1 aliphatic heterocycles. The highest BCUT2D eigenvalue weighted by Crippen LogP contribution is 2.60. The van der Waals surface area contributed by atoms with Gasteiger partial charge < -0.3 is 4.90 Å². The summed E-state index contributed by atoms with van der Waals surface area (Å²) in [6.07, 6.45) is 2.76. The molecule has 5 aromatic rings. The van der Waals surface area contributed by atoms with Crippen molar-refractivity contribution in [3.05, 3.63) is 173 Å². The van der Waals surface area contributed by atoms with E-state index >= 15 is 0 Å². The van der Waals surface area contributed by atoms with Crippen molar-refractivity contribution in [1.82, 2.24) is 0 Å². The molecule has 0 N–H and O–H groups in total. The molecule has 2 aliphatic rings. The number of hydrogen-bond acceptors (Lipinski definition) is 2. The predicted molar refractivity (Wildman–Crippen MR) is 150 cm³/mol. The maximum atomic E-state index is 13.7. The first-order valence-corrected chi connectivity index (χ1v) is 12.7. The van der Waals surface area contributed by atoms with Gasteiger partial charge in [0.15, 0.2) is 5.78 Å². The Bertz CT molecular complexity index is 1610. The van der Waals surface area contributed by atoms with E-state index in [9.17, 15) is 4.79 Å². The molecule has 0 saturated heterocycles. The van der Waals surface area contributed by atoms with E-state index in [2.05, 4.69) is 109 Å². The van der Waals surface area contributed by atoms with E-state index in [1.54, 1.807) is 0 Å². The van der Waals surface area contributed by atoms with E-state index in [-0.39, 0.29) is 5.78 Å². The molecule has 0 unspecified atom stereocenters. The summed E-state index contributed by atoms with van der Waals surface area (Å²) < 4.78 is 0. The average molecular weight is 476 g/mol. The van der Waals surface area contributed by atoms with Gasteiger partial charge in [0.05, 0.1) is 16.8 Å². The molecule has 1 aliphatic carbocycles. The fourth-order valence-corrected chi connectivity index (χ4v) is 6.40. The van der Waals surface area contributed by atoms with Crippen molar-refractivity contribution in [3.8, 4) is 0 Å². The molecule has 0 aromatic heterocycles. The first-order valence-electron chi connectivity index (χ1n) is 12.7. The lowest BCUT2D eigenvalue weighted by Crippen LogP contribution is -2.42. The van der Waals surface area contributed by atoms with Gasteiger partial charge in [-0.3, -0.25) is 4.79 Å². The van der Waals surface area contributed by atoms with Crippen LogP contribution in [-0.4, -0.2) is 5.78 Å². The third kappa shape index (κ3) is 2.90. The largest absolute Gasteiger partial charge is 0.310 e. The Morgan fingerprint density at radius 3 is 1.70 bits per heavy atom. The van der Waals surface area contributed by atoms with Crippen LogP contribution in [-0.2, 0) is 11.8 Å². The van der Waals surface area contributed by atoms with Gasteiger partial charge in [-0.2, -0.15) is 0 Å². The SMILES string of the molecule is C=CCc1cccc(N2c3ccccc3C3(c4ccccc4C(=O)c4ccccc43)c3ccccc32)c1. The summed E-state index contributed by atoms with van der Waals surface area (Å²) in [4.78, 5) is 16.1. The molecule has 2 heteroatoms. The van der Waals surface area contributed by atoms with Gasteiger partial charge in [-0.15, -0.1) is 6.58 Å². The summed E-state index contributed by atoms with van der Waals surface area (Å²) in [5.74, 6) is 0.0892. The summed E-state index contributed by atoms with van der Waals surface area (Å²) in [7, 11) is 0. The van der Waals surface area contributed by atoms with Gasteiger partial charge in [0, 0.05) is 16.8 Å². The Morgan fingerprint density at radius 2 is 1.14 bits per heavy atom. The number of ketones is 1. The number of carbonyl (C=O) groups excluding carboxylic acids is 1. The summed E-state index contributed by atoms with van der Waals surface area (Å²) >= 11 is 0. The second-order valence-electron chi connectivity index (χ2n) is 9.70. The van der Waals surface area contributed by atoms with Crippen LogP contribution >= 0.6 is 0 Å². The second kappa shape index (κ2) is 8.18. The molecule has 37 heavy (non-hydrogen) atoms. The van der Waals surface area contributed by atoms with Crippen LogP contribution in [0.4, 0.5) is 17.1 Å². The number of benzene rings is 5. The zero-order chi connectivity index (χ0) is 25.0. The molecule has 0 fully saturated rings. The zero-order valence-electron chi connectivity index (χ0n) is 20.4. The molecule has 0 amide bonds.